The molecule has 0 unspecified atom stereocenters. The highest BCUT2D eigenvalue weighted by Gasteiger charge is 2.28. The standard InChI is InChI=1S/C27H24N2O6/c1-17-3-7-19(8-4-17)26(27(31)28-20-9-11-22-24(14-20)35-16-33-22)29(2)25(30)12-6-18-5-10-21-23(13-18)34-15-32-21/h3-14,26H,15-16H2,1-2H3,(H,28,31)/b12-6+/t26-/m0/s1. The van der Waals surface area contributed by atoms with E-state index in [9.17, 15) is 9.59 Å². The number of carbonyl (C=O) groups excluding carboxylic acids is 2. The van der Waals surface area contributed by atoms with Gasteiger partial charge in [0.2, 0.25) is 19.5 Å². The van der Waals surface area contributed by atoms with Crippen LogP contribution in [0.5, 0.6) is 23.0 Å². The molecule has 178 valence electrons. The summed E-state index contributed by atoms with van der Waals surface area (Å²) < 4.78 is 21.5. The molecule has 8 heteroatoms. The van der Waals surface area contributed by atoms with Crippen molar-refractivity contribution in [1.29, 1.82) is 0 Å². The Kier molecular flexibility index (Phi) is 6.01. The maximum atomic E-state index is 13.4. The zero-order chi connectivity index (χ0) is 24.4. The highest BCUT2D eigenvalue weighted by molar-refractivity contribution is 6.00. The summed E-state index contributed by atoms with van der Waals surface area (Å²) in [5, 5.41) is 2.90. The summed E-state index contributed by atoms with van der Waals surface area (Å²) in [7, 11) is 1.61. The number of carbonyl (C=O) groups is 2. The Bertz CT molecular complexity index is 1300. The number of amides is 2. The van der Waals surface area contributed by atoms with Crippen LogP contribution in [0.25, 0.3) is 6.08 Å². The number of rotatable bonds is 6. The minimum atomic E-state index is -0.852. The fourth-order valence-corrected chi connectivity index (χ4v) is 3.91. The van der Waals surface area contributed by atoms with Gasteiger partial charge < -0.3 is 29.2 Å². The molecule has 0 saturated carbocycles. The topological polar surface area (TPSA) is 86.3 Å². The van der Waals surface area contributed by atoms with Crippen molar-refractivity contribution in [2.24, 2.45) is 0 Å². The number of hydrogen-bond donors (Lipinski definition) is 1. The van der Waals surface area contributed by atoms with Gasteiger partial charge in [0, 0.05) is 24.9 Å². The molecule has 0 spiro atoms. The maximum Gasteiger partial charge on any atom is 0.251 e. The lowest BCUT2D eigenvalue weighted by atomic mass is 10.0. The van der Waals surface area contributed by atoms with E-state index in [1.54, 1.807) is 43.5 Å². The summed E-state index contributed by atoms with van der Waals surface area (Å²) in [6, 6.07) is 17.3. The van der Waals surface area contributed by atoms with Crippen LogP contribution < -0.4 is 24.3 Å². The van der Waals surface area contributed by atoms with Crippen LogP contribution in [0.4, 0.5) is 5.69 Å². The van der Waals surface area contributed by atoms with E-state index in [-0.39, 0.29) is 25.4 Å². The average molecular weight is 472 g/mol. The van der Waals surface area contributed by atoms with E-state index in [1.165, 1.54) is 11.0 Å². The Balaban J connectivity index is 1.37. The minimum Gasteiger partial charge on any atom is -0.454 e. The molecule has 1 atom stereocenters. The Morgan fingerprint density at radius 1 is 0.857 bits per heavy atom. The lowest BCUT2D eigenvalue weighted by molar-refractivity contribution is -0.133. The summed E-state index contributed by atoms with van der Waals surface area (Å²) in [5.41, 5.74) is 3.09. The summed E-state index contributed by atoms with van der Waals surface area (Å²) in [4.78, 5) is 27.9. The molecule has 8 nitrogen and oxygen atoms in total. The van der Waals surface area contributed by atoms with Gasteiger partial charge in [-0.15, -0.1) is 0 Å². The minimum absolute atomic E-state index is 0.145. The maximum absolute atomic E-state index is 13.4. The van der Waals surface area contributed by atoms with Crippen LogP contribution in [-0.2, 0) is 9.59 Å². The van der Waals surface area contributed by atoms with Crippen molar-refractivity contribution in [2.75, 3.05) is 26.0 Å². The molecule has 0 bridgehead atoms. The molecule has 0 radical (unpaired) electrons. The van der Waals surface area contributed by atoms with Gasteiger partial charge >= 0.3 is 0 Å². The molecule has 2 heterocycles. The Labute approximate surface area is 202 Å². The van der Waals surface area contributed by atoms with Crippen LogP contribution in [0.3, 0.4) is 0 Å². The number of fused-ring (bicyclic) bond motifs is 2. The van der Waals surface area contributed by atoms with Crippen molar-refractivity contribution in [3.8, 4) is 23.0 Å². The van der Waals surface area contributed by atoms with E-state index in [2.05, 4.69) is 5.32 Å². The number of benzene rings is 3. The number of likely N-dealkylation sites (N-methyl/N-ethyl adjacent to an activating group) is 1. The second kappa shape index (κ2) is 9.42. The quantitative estimate of drug-likeness (QED) is 0.539. The second-order valence-corrected chi connectivity index (χ2v) is 8.27. The molecule has 0 fully saturated rings. The molecule has 2 amide bonds. The van der Waals surface area contributed by atoms with E-state index < -0.39 is 6.04 Å². The van der Waals surface area contributed by atoms with Crippen LogP contribution in [0.15, 0.2) is 66.7 Å². The fourth-order valence-electron chi connectivity index (χ4n) is 3.91. The molecule has 1 N–H and O–H groups in total. The first-order valence-corrected chi connectivity index (χ1v) is 11.1. The van der Waals surface area contributed by atoms with E-state index in [0.717, 1.165) is 11.1 Å². The van der Waals surface area contributed by atoms with Crippen LogP contribution in [0, 0.1) is 6.92 Å². The SMILES string of the molecule is Cc1ccc([C@@H](C(=O)Nc2ccc3c(c2)OCO3)N(C)C(=O)/C=C/c2ccc3c(c2)OCO3)cc1. The molecule has 0 aliphatic carbocycles. The van der Waals surface area contributed by atoms with Gasteiger partial charge in [0.15, 0.2) is 23.0 Å². The summed E-state index contributed by atoms with van der Waals surface area (Å²) in [6.45, 7) is 2.29. The second-order valence-electron chi connectivity index (χ2n) is 8.27. The van der Waals surface area contributed by atoms with Crippen LogP contribution in [0.2, 0.25) is 0 Å². The number of hydrogen-bond acceptors (Lipinski definition) is 6. The van der Waals surface area contributed by atoms with Gasteiger partial charge in [-0.05, 0) is 48.4 Å². The van der Waals surface area contributed by atoms with Gasteiger partial charge in [-0.1, -0.05) is 35.9 Å². The highest BCUT2D eigenvalue weighted by atomic mass is 16.7. The molecule has 0 aromatic heterocycles. The highest BCUT2D eigenvalue weighted by Crippen LogP contribution is 2.35. The third-order valence-corrected chi connectivity index (χ3v) is 5.83. The van der Waals surface area contributed by atoms with Gasteiger partial charge in [-0.3, -0.25) is 9.59 Å². The normalized spacial score (nSPS) is 14.1. The summed E-state index contributed by atoms with van der Waals surface area (Å²) in [5.74, 6) is 1.82. The number of anilines is 1. The summed E-state index contributed by atoms with van der Waals surface area (Å²) in [6.07, 6.45) is 3.12. The Morgan fingerprint density at radius 3 is 2.20 bits per heavy atom. The van der Waals surface area contributed by atoms with Crippen LogP contribution >= 0.6 is 0 Å². The van der Waals surface area contributed by atoms with Gasteiger partial charge in [0.25, 0.3) is 5.91 Å². The predicted molar refractivity (Wildman–Crippen MR) is 129 cm³/mol. The molecule has 0 saturated heterocycles. The average Bonchev–Trinajstić information content (AvgIpc) is 3.52. The zero-order valence-corrected chi connectivity index (χ0v) is 19.3. The monoisotopic (exact) mass is 472 g/mol. The number of nitrogens with one attached hydrogen (secondary N) is 1. The molecule has 35 heavy (non-hydrogen) atoms. The van der Waals surface area contributed by atoms with Crippen molar-refractivity contribution < 1.29 is 28.5 Å². The molecule has 5 rings (SSSR count). The van der Waals surface area contributed by atoms with Gasteiger partial charge in [-0.25, -0.2) is 0 Å². The first-order chi connectivity index (χ1) is 17.0. The van der Waals surface area contributed by atoms with E-state index in [0.29, 0.717) is 34.2 Å². The molecule has 3 aromatic rings. The lowest BCUT2D eigenvalue weighted by Gasteiger charge is -2.27. The Hall–Kier alpha value is -4.46. The largest absolute Gasteiger partial charge is 0.454 e. The zero-order valence-electron chi connectivity index (χ0n) is 19.3. The first kappa shape index (κ1) is 22.3. The molecule has 2 aliphatic heterocycles. The summed E-state index contributed by atoms with van der Waals surface area (Å²) >= 11 is 0. The molecular weight excluding hydrogens is 448 g/mol. The van der Waals surface area contributed by atoms with Crippen LogP contribution in [0.1, 0.15) is 22.7 Å². The van der Waals surface area contributed by atoms with E-state index >= 15 is 0 Å². The smallest absolute Gasteiger partial charge is 0.251 e. The van der Waals surface area contributed by atoms with Crippen molar-refractivity contribution >= 4 is 23.6 Å². The van der Waals surface area contributed by atoms with E-state index in [4.69, 9.17) is 18.9 Å². The third-order valence-electron chi connectivity index (χ3n) is 5.83. The van der Waals surface area contributed by atoms with Crippen molar-refractivity contribution in [3.05, 3.63) is 83.4 Å². The molecule has 3 aromatic carbocycles. The van der Waals surface area contributed by atoms with Gasteiger partial charge in [0.05, 0.1) is 0 Å². The number of aryl methyl sites for hydroxylation is 1. The Morgan fingerprint density at radius 2 is 1.49 bits per heavy atom. The first-order valence-electron chi connectivity index (χ1n) is 11.1. The van der Waals surface area contributed by atoms with Gasteiger partial charge in [0.1, 0.15) is 6.04 Å². The fraction of sp³-hybridized carbons (Fsp3) is 0.185. The molecular formula is C27H24N2O6. The third kappa shape index (κ3) is 4.77. The van der Waals surface area contributed by atoms with Crippen LogP contribution in [-0.4, -0.2) is 37.3 Å². The lowest BCUT2D eigenvalue weighted by Crippen LogP contribution is -2.37. The predicted octanol–water partition coefficient (Wildman–Crippen LogP) is 4.30. The molecule has 2 aliphatic rings. The van der Waals surface area contributed by atoms with Crippen molar-refractivity contribution in [2.45, 2.75) is 13.0 Å². The van der Waals surface area contributed by atoms with Crippen molar-refractivity contribution in [3.63, 3.8) is 0 Å². The number of nitrogens with zero attached hydrogens (tertiary/aromatic N) is 1. The van der Waals surface area contributed by atoms with Gasteiger partial charge in [-0.2, -0.15) is 0 Å². The van der Waals surface area contributed by atoms with E-state index in [1.807, 2.05) is 37.3 Å². The van der Waals surface area contributed by atoms with Crippen molar-refractivity contribution in [1.82, 2.24) is 4.90 Å². The number of ether oxygens (including phenoxy) is 4.